The predicted molar refractivity (Wildman–Crippen MR) is 99.9 cm³/mol. The van der Waals surface area contributed by atoms with E-state index in [9.17, 15) is 19.2 Å². The first-order valence-corrected chi connectivity index (χ1v) is 8.79. The van der Waals surface area contributed by atoms with Crippen molar-refractivity contribution in [3.8, 4) is 11.5 Å². The summed E-state index contributed by atoms with van der Waals surface area (Å²) in [4.78, 5) is 49.7. The quantitative estimate of drug-likeness (QED) is 0.602. The van der Waals surface area contributed by atoms with E-state index in [0.717, 1.165) is 4.90 Å². The van der Waals surface area contributed by atoms with Crippen LogP contribution in [0.4, 0.5) is 11.4 Å². The number of nitrogens with zero attached hydrogens (tertiary/aromatic N) is 1. The van der Waals surface area contributed by atoms with E-state index in [1.807, 2.05) is 0 Å². The first-order valence-electron chi connectivity index (χ1n) is 8.79. The highest BCUT2D eigenvalue weighted by atomic mass is 16.7. The van der Waals surface area contributed by atoms with Gasteiger partial charge in [0.25, 0.3) is 17.6 Å². The zero-order chi connectivity index (χ0) is 20.5. The second-order valence-electron chi connectivity index (χ2n) is 6.43. The summed E-state index contributed by atoms with van der Waals surface area (Å²) in [5, 5.41) is 2.62. The van der Waals surface area contributed by atoms with Gasteiger partial charge in [-0.1, -0.05) is 12.1 Å². The molecule has 1 N–H and O–H groups in total. The van der Waals surface area contributed by atoms with Gasteiger partial charge in [0.15, 0.2) is 17.6 Å². The summed E-state index contributed by atoms with van der Waals surface area (Å²) in [6, 6.07) is 11.3. The zero-order valence-corrected chi connectivity index (χ0v) is 15.3. The molecule has 0 unspecified atom stereocenters. The number of amides is 2. The molecule has 2 heterocycles. The van der Waals surface area contributed by atoms with Crippen LogP contribution in [0.25, 0.3) is 0 Å². The van der Waals surface area contributed by atoms with E-state index in [0.29, 0.717) is 22.9 Å². The fourth-order valence-electron chi connectivity index (χ4n) is 3.04. The minimum Gasteiger partial charge on any atom is -0.454 e. The van der Waals surface area contributed by atoms with Gasteiger partial charge in [0.05, 0.1) is 11.3 Å². The van der Waals surface area contributed by atoms with Crippen molar-refractivity contribution in [2.45, 2.75) is 13.0 Å². The molecule has 0 fully saturated rings. The highest BCUT2D eigenvalue weighted by Crippen LogP contribution is 2.34. The SMILES string of the molecule is C[C@H](OC(=O)CN1C(=O)C(=O)c2ccccc21)C(=O)Nc1ccc2c(c1)OCO2. The van der Waals surface area contributed by atoms with Crippen LogP contribution in [0.1, 0.15) is 17.3 Å². The zero-order valence-electron chi connectivity index (χ0n) is 15.3. The van der Waals surface area contributed by atoms with Gasteiger partial charge in [-0.15, -0.1) is 0 Å². The third-order valence-electron chi connectivity index (χ3n) is 4.48. The third-order valence-corrected chi connectivity index (χ3v) is 4.48. The summed E-state index contributed by atoms with van der Waals surface area (Å²) < 4.78 is 15.6. The van der Waals surface area contributed by atoms with Crippen molar-refractivity contribution in [2.75, 3.05) is 23.6 Å². The van der Waals surface area contributed by atoms with E-state index in [2.05, 4.69) is 5.32 Å². The summed E-state index contributed by atoms with van der Waals surface area (Å²) in [5.74, 6) is -1.77. The van der Waals surface area contributed by atoms with E-state index in [1.54, 1.807) is 36.4 Å². The predicted octanol–water partition coefficient (Wildman–Crippen LogP) is 1.51. The van der Waals surface area contributed by atoms with E-state index in [-0.39, 0.29) is 12.4 Å². The lowest BCUT2D eigenvalue weighted by molar-refractivity contribution is -0.152. The van der Waals surface area contributed by atoms with Crippen LogP contribution >= 0.6 is 0 Å². The molecule has 148 valence electrons. The van der Waals surface area contributed by atoms with Crippen molar-refractivity contribution in [3.63, 3.8) is 0 Å². The molecule has 2 aromatic rings. The lowest BCUT2D eigenvalue weighted by Gasteiger charge is -2.18. The van der Waals surface area contributed by atoms with Crippen molar-refractivity contribution >= 4 is 34.9 Å². The molecule has 9 heteroatoms. The molecule has 0 aliphatic carbocycles. The summed E-state index contributed by atoms with van der Waals surface area (Å²) in [5.41, 5.74) is 1.03. The van der Waals surface area contributed by atoms with Gasteiger partial charge >= 0.3 is 5.97 Å². The van der Waals surface area contributed by atoms with E-state index in [1.165, 1.54) is 13.0 Å². The van der Waals surface area contributed by atoms with Crippen molar-refractivity contribution in [2.24, 2.45) is 0 Å². The highest BCUT2D eigenvalue weighted by Gasteiger charge is 2.37. The Hall–Kier alpha value is -3.88. The molecular weight excluding hydrogens is 380 g/mol. The van der Waals surface area contributed by atoms with Gasteiger partial charge in [0, 0.05) is 11.8 Å². The maximum absolute atomic E-state index is 12.3. The molecule has 9 nitrogen and oxygen atoms in total. The number of para-hydroxylation sites is 1. The summed E-state index contributed by atoms with van der Waals surface area (Å²) in [7, 11) is 0. The Kier molecular flexibility index (Phi) is 4.63. The van der Waals surface area contributed by atoms with E-state index >= 15 is 0 Å². The number of rotatable bonds is 5. The lowest BCUT2D eigenvalue weighted by Crippen LogP contribution is -2.38. The second-order valence-corrected chi connectivity index (χ2v) is 6.43. The Morgan fingerprint density at radius 2 is 1.90 bits per heavy atom. The monoisotopic (exact) mass is 396 g/mol. The molecule has 4 rings (SSSR count). The fourth-order valence-corrected chi connectivity index (χ4v) is 3.04. The Balaban J connectivity index is 1.36. The molecule has 0 saturated heterocycles. The number of carbonyl (C=O) groups is 4. The first-order chi connectivity index (χ1) is 13.9. The number of hydrogen-bond acceptors (Lipinski definition) is 7. The summed E-state index contributed by atoms with van der Waals surface area (Å²) >= 11 is 0. The molecule has 2 aliphatic rings. The number of esters is 1. The van der Waals surface area contributed by atoms with Gasteiger partial charge in [-0.25, -0.2) is 0 Å². The van der Waals surface area contributed by atoms with Gasteiger partial charge in [-0.2, -0.15) is 0 Å². The number of anilines is 2. The minimum absolute atomic E-state index is 0.113. The average Bonchev–Trinajstić information content (AvgIpc) is 3.26. The van der Waals surface area contributed by atoms with Crippen molar-refractivity contribution in [1.29, 1.82) is 0 Å². The highest BCUT2D eigenvalue weighted by molar-refractivity contribution is 6.52. The maximum Gasteiger partial charge on any atom is 0.326 e. The summed E-state index contributed by atoms with van der Waals surface area (Å²) in [6.45, 7) is 1.05. The van der Waals surface area contributed by atoms with Crippen molar-refractivity contribution < 1.29 is 33.4 Å². The van der Waals surface area contributed by atoms with Crippen LogP contribution in [-0.4, -0.2) is 43.0 Å². The maximum atomic E-state index is 12.3. The number of Topliss-reactive ketones (excluding diaryl/α,β-unsaturated/α-hetero) is 1. The van der Waals surface area contributed by atoms with Crippen molar-refractivity contribution in [1.82, 2.24) is 0 Å². The first kappa shape index (κ1) is 18.5. The molecule has 1 atom stereocenters. The standard InChI is InChI=1S/C20H16N2O7/c1-11(19(25)21-12-6-7-15-16(8-12)28-10-27-15)29-17(23)9-22-14-5-3-2-4-13(14)18(24)20(22)26/h2-8,11H,9-10H2,1H3,(H,21,25)/t11-/m0/s1. The number of hydrogen-bond donors (Lipinski definition) is 1. The Bertz CT molecular complexity index is 1030. The second kappa shape index (κ2) is 7.27. The average molecular weight is 396 g/mol. The molecule has 0 radical (unpaired) electrons. The van der Waals surface area contributed by atoms with Crippen LogP contribution in [-0.2, 0) is 19.1 Å². The number of ketones is 1. The number of ether oxygens (including phenoxy) is 3. The van der Waals surface area contributed by atoms with Gasteiger partial charge in [-0.05, 0) is 31.2 Å². The topological polar surface area (TPSA) is 111 Å². The normalized spacial score (nSPS) is 15.1. The smallest absolute Gasteiger partial charge is 0.326 e. The molecule has 2 aromatic carbocycles. The number of benzene rings is 2. The Labute approximate surface area is 165 Å². The van der Waals surface area contributed by atoms with Crippen LogP contribution in [0.2, 0.25) is 0 Å². The fraction of sp³-hybridized carbons (Fsp3) is 0.200. The Morgan fingerprint density at radius 3 is 2.72 bits per heavy atom. The van der Waals surface area contributed by atoms with E-state index in [4.69, 9.17) is 14.2 Å². The van der Waals surface area contributed by atoms with Crippen LogP contribution < -0.4 is 19.7 Å². The molecule has 0 aromatic heterocycles. The number of nitrogens with one attached hydrogen (secondary N) is 1. The van der Waals surface area contributed by atoms with Gasteiger partial charge in [0.2, 0.25) is 6.79 Å². The van der Waals surface area contributed by atoms with Crippen LogP contribution in [0.3, 0.4) is 0 Å². The van der Waals surface area contributed by atoms with Gasteiger partial charge in [0.1, 0.15) is 6.54 Å². The minimum atomic E-state index is -1.11. The molecule has 2 amide bonds. The largest absolute Gasteiger partial charge is 0.454 e. The van der Waals surface area contributed by atoms with Gasteiger partial charge in [-0.3, -0.25) is 24.1 Å². The molecular formula is C20H16N2O7. The van der Waals surface area contributed by atoms with Crippen LogP contribution in [0.5, 0.6) is 11.5 Å². The molecule has 2 aliphatic heterocycles. The summed E-state index contributed by atoms with van der Waals surface area (Å²) in [6.07, 6.45) is -1.11. The van der Waals surface area contributed by atoms with Crippen LogP contribution in [0.15, 0.2) is 42.5 Å². The molecule has 29 heavy (non-hydrogen) atoms. The van der Waals surface area contributed by atoms with Gasteiger partial charge < -0.3 is 19.5 Å². The van der Waals surface area contributed by atoms with Crippen molar-refractivity contribution in [3.05, 3.63) is 48.0 Å². The molecule has 0 saturated carbocycles. The van der Waals surface area contributed by atoms with E-state index < -0.39 is 36.2 Å². The van der Waals surface area contributed by atoms with Crippen LogP contribution in [0, 0.1) is 0 Å². The molecule has 0 bridgehead atoms. The number of fused-ring (bicyclic) bond motifs is 2. The molecule has 0 spiro atoms. The lowest BCUT2D eigenvalue weighted by atomic mass is 10.1. The number of carbonyl (C=O) groups excluding carboxylic acids is 4. The Morgan fingerprint density at radius 1 is 1.14 bits per heavy atom. The third kappa shape index (κ3) is 3.49.